The second-order valence-electron chi connectivity index (χ2n) is 6.75. The minimum atomic E-state index is -4.35. The maximum Gasteiger partial charge on any atom is 0.416 e. The highest BCUT2D eigenvalue weighted by Gasteiger charge is 2.29. The van der Waals surface area contributed by atoms with Gasteiger partial charge < -0.3 is 16.4 Å². The second-order valence-corrected chi connectivity index (χ2v) is 6.75. The molecule has 1 atom stereocenters. The van der Waals surface area contributed by atoms with Gasteiger partial charge in [0.25, 0.3) is 0 Å². The number of halogens is 5. The number of amides is 1. The van der Waals surface area contributed by atoms with Gasteiger partial charge in [-0.3, -0.25) is 9.79 Å². The summed E-state index contributed by atoms with van der Waals surface area (Å²) in [5.41, 5.74) is 6.31. The van der Waals surface area contributed by atoms with E-state index in [1.807, 2.05) is 0 Å². The van der Waals surface area contributed by atoms with Crippen molar-refractivity contribution >= 4 is 35.8 Å². The van der Waals surface area contributed by atoms with Crippen molar-refractivity contribution in [3.05, 3.63) is 71.0 Å². The lowest BCUT2D eigenvalue weighted by Crippen LogP contribution is -2.43. The number of hydrogen-bond donors (Lipinski definition) is 3. The largest absolute Gasteiger partial charge is 0.416 e. The predicted molar refractivity (Wildman–Crippen MR) is 123 cm³/mol. The Kier molecular flexibility index (Phi) is 10.7. The fourth-order valence-corrected chi connectivity index (χ4v) is 2.80. The van der Waals surface area contributed by atoms with Crippen molar-refractivity contribution in [2.45, 2.75) is 19.0 Å². The van der Waals surface area contributed by atoms with E-state index in [-0.39, 0.29) is 36.3 Å². The minimum absolute atomic E-state index is 0. The Balaban J connectivity index is 0.00000480. The summed E-state index contributed by atoms with van der Waals surface area (Å²) in [6.45, 7) is 0.664. The number of hydrogen-bond acceptors (Lipinski definition) is 2. The van der Waals surface area contributed by atoms with Crippen LogP contribution in [0.1, 0.15) is 16.7 Å². The monoisotopic (exact) mass is 552 g/mol. The SMILES string of the molecule is CN=C(NCCc1ccc(C(F)(F)F)cc1)NCC(Cc1ccc(F)cc1)C(N)=O.I. The highest BCUT2D eigenvalue weighted by Crippen LogP contribution is 2.29. The van der Waals surface area contributed by atoms with Crippen LogP contribution in [0, 0.1) is 11.7 Å². The van der Waals surface area contributed by atoms with E-state index in [2.05, 4.69) is 15.6 Å². The topological polar surface area (TPSA) is 79.5 Å². The number of carbonyl (C=O) groups excluding carboxylic acids is 1. The molecule has 0 spiro atoms. The Morgan fingerprint density at radius 2 is 1.61 bits per heavy atom. The molecule has 5 nitrogen and oxygen atoms in total. The summed E-state index contributed by atoms with van der Waals surface area (Å²) in [6.07, 6.45) is -3.51. The summed E-state index contributed by atoms with van der Waals surface area (Å²) in [7, 11) is 1.56. The number of nitrogens with two attached hydrogens (primary N) is 1. The van der Waals surface area contributed by atoms with Crippen molar-refractivity contribution in [3.63, 3.8) is 0 Å². The molecule has 0 aliphatic heterocycles. The van der Waals surface area contributed by atoms with E-state index < -0.39 is 23.6 Å². The number of rotatable bonds is 8. The molecule has 2 aromatic carbocycles. The van der Waals surface area contributed by atoms with Gasteiger partial charge in [0.1, 0.15) is 5.82 Å². The quantitative estimate of drug-likeness (QED) is 0.203. The Morgan fingerprint density at radius 1 is 1.03 bits per heavy atom. The van der Waals surface area contributed by atoms with E-state index in [9.17, 15) is 22.4 Å². The molecule has 0 radical (unpaired) electrons. The maximum atomic E-state index is 13.0. The smallest absolute Gasteiger partial charge is 0.369 e. The van der Waals surface area contributed by atoms with Gasteiger partial charge in [-0.2, -0.15) is 13.2 Å². The lowest BCUT2D eigenvalue weighted by atomic mass is 9.98. The van der Waals surface area contributed by atoms with Crippen LogP contribution in [0.15, 0.2) is 53.5 Å². The molecule has 170 valence electrons. The number of aliphatic imine (C=N–C) groups is 1. The molecule has 31 heavy (non-hydrogen) atoms. The lowest BCUT2D eigenvalue weighted by Gasteiger charge is -2.17. The molecule has 1 amide bonds. The van der Waals surface area contributed by atoms with Gasteiger partial charge in [0.05, 0.1) is 11.5 Å². The van der Waals surface area contributed by atoms with Crippen LogP contribution < -0.4 is 16.4 Å². The molecule has 4 N–H and O–H groups in total. The van der Waals surface area contributed by atoms with Gasteiger partial charge in [-0.1, -0.05) is 24.3 Å². The molecule has 0 aromatic heterocycles. The molecule has 2 aromatic rings. The van der Waals surface area contributed by atoms with Gasteiger partial charge in [0.15, 0.2) is 5.96 Å². The van der Waals surface area contributed by atoms with E-state index in [4.69, 9.17) is 5.73 Å². The van der Waals surface area contributed by atoms with Gasteiger partial charge in [0.2, 0.25) is 5.91 Å². The van der Waals surface area contributed by atoms with Gasteiger partial charge in [-0.15, -0.1) is 24.0 Å². The summed E-state index contributed by atoms with van der Waals surface area (Å²) in [6, 6.07) is 10.8. The first kappa shape index (κ1) is 26.7. The van der Waals surface area contributed by atoms with Crippen LogP contribution in [0.25, 0.3) is 0 Å². The first-order valence-electron chi connectivity index (χ1n) is 9.33. The van der Waals surface area contributed by atoms with Gasteiger partial charge >= 0.3 is 6.18 Å². The Morgan fingerprint density at radius 3 is 2.13 bits per heavy atom. The molecule has 10 heteroatoms. The molecule has 0 fully saturated rings. The molecule has 0 saturated heterocycles. The van der Waals surface area contributed by atoms with Crippen molar-refractivity contribution in [2.75, 3.05) is 20.1 Å². The Bertz CT molecular complexity index is 855. The van der Waals surface area contributed by atoms with Crippen LogP contribution in [0.3, 0.4) is 0 Å². The number of nitrogens with zero attached hydrogens (tertiary/aromatic N) is 1. The summed E-state index contributed by atoms with van der Waals surface area (Å²) < 4.78 is 50.8. The van der Waals surface area contributed by atoms with E-state index in [1.54, 1.807) is 19.2 Å². The van der Waals surface area contributed by atoms with Crippen molar-refractivity contribution in [1.82, 2.24) is 10.6 Å². The summed E-state index contributed by atoms with van der Waals surface area (Å²) in [5, 5.41) is 6.06. The standard InChI is InChI=1S/C21H24F4N4O.HI/c1-27-20(28-11-10-14-2-6-17(7-3-14)21(23,24)25)29-13-16(19(26)30)12-15-4-8-18(22)9-5-15;/h2-9,16H,10-13H2,1H3,(H2,26,30)(H2,27,28,29);1H. The number of alkyl halides is 3. The van der Waals surface area contributed by atoms with Crippen LogP contribution in [0.2, 0.25) is 0 Å². The molecule has 0 aliphatic carbocycles. The zero-order valence-corrected chi connectivity index (χ0v) is 19.2. The Hall–Kier alpha value is -2.37. The van der Waals surface area contributed by atoms with Crippen molar-refractivity contribution in [1.29, 1.82) is 0 Å². The third-order valence-electron chi connectivity index (χ3n) is 4.52. The molecule has 0 bridgehead atoms. The van der Waals surface area contributed by atoms with Gasteiger partial charge in [-0.05, 0) is 48.2 Å². The number of carbonyl (C=O) groups is 1. The zero-order chi connectivity index (χ0) is 22.1. The van der Waals surface area contributed by atoms with Crippen LogP contribution in [-0.2, 0) is 23.8 Å². The molecule has 1 unspecified atom stereocenters. The molecular formula is C21H25F4IN4O. The fraction of sp³-hybridized carbons (Fsp3) is 0.333. The predicted octanol–water partition coefficient (Wildman–Crippen LogP) is 3.51. The highest BCUT2D eigenvalue weighted by atomic mass is 127. The van der Waals surface area contributed by atoms with E-state index in [0.29, 0.717) is 25.3 Å². The average molecular weight is 552 g/mol. The minimum Gasteiger partial charge on any atom is -0.369 e. The first-order valence-corrected chi connectivity index (χ1v) is 9.33. The van der Waals surface area contributed by atoms with Gasteiger partial charge in [0, 0.05) is 20.1 Å². The lowest BCUT2D eigenvalue weighted by molar-refractivity contribution is -0.137. The van der Waals surface area contributed by atoms with E-state index in [0.717, 1.165) is 23.3 Å². The number of benzene rings is 2. The van der Waals surface area contributed by atoms with Crippen molar-refractivity contribution < 1.29 is 22.4 Å². The third kappa shape index (κ3) is 9.11. The molecular weight excluding hydrogens is 527 g/mol. The van der Waals surface area contributed by atoms with Crippen LogP contribution in [-0.4, -0.2) is 32.0 Å². The van der Waals surface area contributed by atoms with E-state index >= 15 is 0 Å². The van der Waals surface area contributed by atoms with E-state index in [1.165, 1.54) is 24.3 Å². The van der Waals surface area contributed by atoms with Gasteiger partial charge in [-0.25, -0.2) is 4.39 Å². The average Bonchev–Trinajstić information content (AvgIpc) is 2.70. The van der Waals surface area contributed by atoms with Crippen LogP contribution >= 0.6 is 24.0 Å². The van der Waals surface area contributed by atoms with Crippen LogP contribution in [0.4, 0.5) is 17.6 Å². The summed E-state index contributed by atoms with van der Waals surface area (Å²) in [5.74, 6) is -0.937. The third-order valence-corrected chi connectivity index (χ3v) is 4.52. The maximum absolute atomic E-state index is 13.0. The number of primary amides is 1. The normalized spacial score (nSPS) is 12.6. The molecule has 0 aliphatic rings. The van der Waals surface area contributed by atoms with Crippen molar-refractivity contribution in [3.8, 4) is 0 Å². The molecule has 0 saturated carbocycles. The highest BCUT2D eigenvalue weighted by molar-refractivity contribution is 14.0. The zero-order valence-electron chi connectivity index (χ0n) is 16.9. The Labute approximate surface area is 195 Å². The van der Waals surface area contributed by atoms with Crippen molar-refractivity contribution in [2.24, 2.45) is 16.6 Å². The summed E-state index contributed by atoms with van der Waals surface area (Å²) >= 11 is 0. The number of nitrogens with one attached hydrogen (secondary N) is 2. The van der Waals surface area contributed by atoms with Crippen LogP contribution in [0.5, 0.6) is 0 Å². The first-order chi connectivity index (χ1) is 14.2. The number of guanidine groups is 1. The summed E-state index contributed by atoms with van der Waals surface area (Å²) in [4.78, 5) is 15.8. The molecule has 2 rings (SSSR count). The fourth-order valence-electron chi connectivity index (χ4n) is 2.80. The molecule has 0 heterocycles. The second kappa shape index (κ2) is 12.5.